The molecule has 1 aliphatic rings. The maximum absolute atomic E-state index is 12.2. The summed E-state index contributed by atoms with van der Waals surface area (Å²) in [5.74, 6) is -0.00863. The predicted molar refractivity (Wildman–Crippen MR) is 94.0 cm³/mol. The van der Waals surface area contributed by atoms with Crippen molar-refractivity contribution in [3.05, 3.63) is 65.2 Å². The number of benzene rings is 2. The number of hydrogen-bond acceptors (Lipinski definition) is 2. The monoisotopic (exact) mass is 343 g/mol. The summed E-state index contributed by atoms with van der Waals surface area (Å²) in [6.07, 6.45) is 0.293. The van der Waals surface area contributed by atoms with E-state index in [-0.39, 0.29) is 18.0 Å². The van der Waals surface area contributed by atoms with Gasteiger partial charge in [0.1, 0.15) is 0 Å². The number of amides is 3. The third-order valence-corrected chi connectivity index (χ3v) is 4.15. The van der Waals surface area contributed by atoms with Crippen LogP contribution in [-0.4, -0.2) is 24.5 Å². The van der Waals surface area contributed by atoms with Gasteiger partial charge in [-0.25, -0.2) is 4.79 Å². The summed E-state index contributed by atoms with van der Waals surface area (Å²) in [6, 6.07) is 16.3. The van der Waals surface area contributed by atoms with Crippen molar-refractivity contribution in [1.29, 1.82) is 0 Å². The first-order chi connectivity index (χ1) is 11.6. The second-order valence-corrected chi connectivity index (χ2v) is 6.13. The van der Waals surface area contributed by atoms with Gasteiger partial charge in [-0.05, 0) is 29.8 Å². The van der Waals surface area contributed by atoms with Gasteiger partial charge in [-0.15, -0.1) is 0 Å². The van der Waals surface area contributed by atoms with Crippen molar-refractivity contribution < 1.29 is 9.59 Å². The van der Waals surface area contributed by atoms with Gasteiger partial charge in [0.15, 0.2) is 0 Å². The fourth-order valence-corrected chi connectivity index (χ4v) is 2.82. The van der Waals surface area contributed by atoms with Crippen LogP contribution in [0.3, 0.4) is 0 Å². The molecule has 1 atom stereocenters. The highest BCUT2D eigenvalue weighted by atomic mass is 35.5. The molecule has 5 nitrogen and oxygen atoms in total. The molecule has 0 bridgehead atoms. The van der Waals surface area contributed by atoms with Crippen molar-refractivity contribution in [2.45, 2.75) is 19.0 Å². The molecule has 124 valence electrons. The summed E-state index contributed by atoms with van der Waals surface area (Å²) in [7, 11) is 0. The zero-order valence-electron chi connectivity index (χ0n) is 13.0. The van der Waals surface area contributed by atoms with Crippen LogP contribution in [0.15, 0.2) is 54.6 Å². The molecule has 24 heavy (non-hydrogen) atoms. The molecule has 1 fully saturated rings. The standard InChI is InChI=1S/C18H18ClN3O2/c19-14-6-8-16(9-7-14)22-12-15(10-17(22)23)21-18(24)20-11-13-4-2-1-3-5-13/h1-9,15H,10-12H2,(H2,20,21,24). The van der Waals surface area contributed by atoms with Crippen molar-refractivity contribution >= 4 is 29.2 Å². The Balaban J connectivity index is 1.52. The highest BCUT2D eigenvalue weighted by molar-refractivity contribution is 6.30. The van der Waals surface area contributed by atoms with Gasteiger partial charge >= 0.3 is 6.03 Å². The van der Waals surface area contributed by atoms with Crippen LogP contribution in [0.4, 0.5) is 10.5 Å². The van der Waals surface area contributed by atoms with E-state index in [4.69, 9.17) is 11.6 Å². The number of rotatable bonds is 4. The Kier molecular flexibility index (Phi) is 5.01. The molecular weight excluding hydrogens is 326 g/mol. The number of anilines is 1. The van der Waals surface area contributed by atoms with E-state index in [0.717, 1.165) is 11.3 Å². The molecular formula is C18H18ClN3O2. The molecule has 1 heterocycles. The van der Waals surface area contributed by atoms with E-state index < -0.39 is 0 Å². The van der Waals surface area contributed by atoms with Gasteiger partial charge in [0, 0.05) is 30.2 Å². The number of carbonyl (C=O) groups is 2. The Bertz CT molecular complexity index is 719. The minimum atomic E-state index is -0.269. The highest BCUT2D eigenvalue weighted by Crippen LogP contribution is 2.23. The lowest BCUT2D eigenvalue weighted by molar-refractivity contribution is -0.117. The molecule has 2 aromatic carbocycles. The second-order valence-electron chi connectivity index (χ2n) is 5.69. The maximum Gasteiger partial charge on any atom is 0.315 e. The van der Waals surface area contributed by atoms with Gasteiger partial charge < -0.3 is 15.5 Å². The highest BCUT2D eigenvalue weighted by Gasteiger charge is 2.31. The van der Waals surface area contributed by atoms with E-state index >= 15 is 0 Å². The van der Waals surface area contributed by atoms with Crippen LogP contribution in [0.1, 0.15) is 12.0 Å². The lowest BCUT2D eigenvalue weighted by Crippen LogP contribution is -2.43. The lowest BCUT2D eigenvalue weighted by Gasteiger charge is -2.17. The fourth-order valence-electron chi connectivity index (χ4n) is 2.69. The molecule has 1 aliphatic heterocycles. The SMILES string of the molecule is O=C(NCc1ccccc1)NC1CC(=O)N(c2ccc(Cl)cc2)C1. The van der Waals surface area contributed by atoms with Gasteiger partial charge in [0.2, 0.25) is 5.91 Å². The first kappa shape index (κ1) is 16.3. The number of hydrogen-bond donors (Lipinski definition) is 2. The molecule has 2 aromatic rings. The van der Waals surface area contributed by atoms with E-state index in [1.54, 1.807) is 29.2 Å². The summed E-state index contributed by atoms with van der Waals surface area (Å²) in [5, 5.41) is 6.28. The first-order valence-corrected chi connectivity index (χ1v) is 8.14. The van der Waals surface area contributed by atoms with Crippen LogP contribution >= 0.6 is 11.6 Å². The Morgan fingerprint density at radius 2 is 1.83 bits per heavy atom. The van der Waals surface area contributed by atoms with Crippen molar-refractivity contribution in [2.75, 3.05) is 11.4 Å². The molecule has 3 amide bonds. The summed E-state index contributed by atoms with van der Waals surface area (Å²) < 4.78 is 0. The van der Waals surface area contributed by atoms with Crippen LogP contribution in [0.5, 0.6) is 0 Å². The topological polar surface area (TPSA) is 61.4 Å². The molecule has 0 spiro atoms. The molecule has 6 heteroatoms. The Labute approximate surface area is 145 Å². The summed E-state index contributed by atoms with van der Waals surface area (Å²) in [4.78, 5) is 25.8. The minimum absolute atomic E-state index is 0.00863. The van der Waals surface area contributed by atoms with Crippen LogP contribution in [0.25, 0.3) is 0 Å². The first-order valence-electron chi connectivity index (χ1n) is 7.76. The molecule has 0 aromatic heterocycles. The average Bonchev–Trinajstić information content (AvgIpc) is 2.95. The summed E-state index contributed by atoms with van der Waals surface area (Å²) in [6.45, 7) is 0.910. The number of nitrogens with zero attached hydrogens (tertiary/aromatic N) is 1. The molecule has 2 N–H and O–H groups in total. The summed E-state index contributed by atoms with van der Waals surface area (Å²) >= 11 is 5.87. The predicted octanol–water partition coefficient (Wildman–Crippen LogP) is 2.94. The van der Waals surface area contributed by atoms with Crippen molar-refractivity contribution in [2.24, 2.45) is 0 Å². The zero-order valence-corrected chi connectivity index (χ0v) is 13.8. The van der Waals surface area contributed by atoms with Crippen LogP contribution in [0, 0.1) is 0 Å². The molecule has 1 unspecified atom stereocenters. The second kappa shape index (κ2) is 7.36. The van der Waals surface area contributed by atoms with E-state index in [2.05, 4.69) is 10.6 Å². The quantitative estimate of drug-likeness (QED) is 0.896. The lowest BCUT2D eigenvalue weighted by atomic mass is 10.2. The van der Waals surface area contributed by atoms with E-state index in [1.165, 1.54) is 0 Å². The van der Waals surface area contributed by atoms with E-state index in [9.17, 15) is 9.59 Å². The van der Waals surface area contributed by atoms with Crippen LogP contribution < -0.4 is 15.5 Å². The number of carbonyl (C=O) groups excluding carboxylic acids is 2. The third kappa shape index (κ3) is 4.06. The van der Waals surface area contributed by atoms with Crippen molar-refractivity contribution in [3.63, 3.8) is 0 Å². The molecule has 0 aliphatic carbocycles. The molecule has 1 saturated heterocycles. The number of halogens is 1. The van der Waals surface area contributed by atoms with E-state index in [0.29, 0.717) is 24.5 Å². The van der Waals surface area contributed by atoms with Crippen LogP contribution in [0.2, 0.25) is 5.02 Å². The van der Waals surface area contributed by atoms with Gasteiger partial charge in [-0.3, -0.25) is 4.79 Å². The van der Waals surface area contributed by atoms with Gasteiger partial charge in [0.05, 0.1) is 6.04 Å². The number of nitrogens with one attached hydrogen (secondary N) is 2. The average molecular weight is 344 g/mol. The number of urea groups is 1. The Morgan fingerprint density at radius 1 is 1.12 bits per heavy atom. The maximum atomic E-state index is 12.2. The zero-order chi connectivity index (χ0) is 16.9. The molecule has 0 radical (unpaired) electrons. The Morgan fingerprint density at radius 3 is 2.54 bits per heavy atom. The molecule has 0 saturated carbocycles. The third-order valence-electron chi connectivity index (χ3n) is 3.89. The van der Waals surface area contributed by atoms with Crippen molar-refractivity contribution in [1.82, 2.24) is 10.6 Å². The van der Waals surface area contributed by atoms with Gasteiger partial charge in [-0.1, -0.05) is 41.9 Å². The Hall–Kier alpha value is -2.53. The smallest absolute Gasteiger partial charge is 0.315 e. The summed E-state index contributed by atoms with van der Waals surface area (Å²) in [5.41, 5.74) is 1.82. The van der Waals surface area contributed by atoms with E-state index in [1.807, 2.05) is 30.3 Å². The van der Waals surface area contributed by atoms with Gasteiger partial charge in [-0.2, -0.15) is 0 Å². The normalized spacial score (nSPS) is 17.0. The minimum Gasteiger partial charge on any atom is -0.334 e. The van der Waals surface area contributed by atoms with Crippen LogP contribution in [-0.2, 0) is 11.3 Å². The van der Waals surface area contributed by atoms with Gasteiger partial charge in [0.25, 0.3) is 0 Å². The van der Waals surface area contributed by atoms with Crippen molar-refractivity contribution in [3.8, 4) is 0 Å². The largest absolute Gasteiger partial charge is 0.334 e. The molecule has 3 rings (SSSR count). The fraction of sp³-hybridized carbons (Fsp3) is 0.222.